The van der Waals surface area contributed by atoms with E-state index in [2.05, 4.69) is 5.32 Å². The fourth-order valence-electron chi connectivity index (χ4n) is 2.66. The standard InChI is InChI=1S/C18H20ClN3O3/c1-2-25-18(24)13-5-4-8-22(11-13)12-14(10-20)17(23)21-16-7-3-6-15(19)9-16/h3,6-7,9,12-13H,2,4-5,8,11H2,1H3,(H,21,23)/b14-12-. The maximum absolute atomic E-state index is 12.3. The molecule has 0 bridgehead atoms. The molecule has 2 rings (SSSR count). The molecule has 1 aliphatic heterocycles. The Balaban J connectivity index is 2.04. The van der Waals surface area contributed by atoms with E-state index in [1.807, 2.05) is 11.0 Å². The Morgan fingerprint density at radius 1 is 1.52 bits per heavy atom. The van der Waals surface area contributed by atoms with Gasteiger partial charge >= 0.3 is 5.97 Å². The Labute approximate surface area is 152 Å². The summed E-state index contributed by atoms with van der Waals surface area (Å²) >= 11 is 5.89. The lowest BCUT2D eigenvalue weighted by Gasteiger charge is -2.30. The number of hydrogen-bond acceptors (Lipinski definition) is 5. The maximum atomic E-state index is 12.3. The highest BCUT2D eigenvalue weighted by Crippen LogP contribution is 2.20. The molecule has 132 valence electrons. The van der Waals surface area contributed by atoms with Crippen molar-refractivity contribution >= 4 is 29.2 Å². The van der Waals surface area contributed by atoms with E-state index in [0.29, 0.717) is 30.4 Å². The van der Waals surface area contributed by atoms with Gasteiger partial charge in [0, 0.05) is 30.0 Å². The van der Waals surface area contributed by atoms with E-state index in [-0.39, 0.29) is 17.5 Å². The maximum Gasteiger partial charge on any atom is 0.310 e. The first kappa shape index (κ1) is 18.8. The van der Waals surface area contributed by atoms with Gasteiger partial charge in [0.25, 0.3) is 5.91 Å². The highest BCUT2D eigenvalue weighted by Gasteiger charge is 2.26. The third-order valence-corrected chi connectivity index (χ3v) is 4.07. The number of benzene rings is 1. The molecule has 1 aromatic rings. The molecule has 1 N–H and O–H groups in total. The largest absolute Gasteiger partial charge is 0.466 e. The van der Waals surface area contributed by atoms with Crippen LogP contribution in [-0.4, -0.2) is 36.5 Å². The minimum atomic E-state index is -0.511. The fourth-order valence-corrected chi connectivity index (χ4v) is 2.85. The van der Waals surface area contributed by atoms with E-state index in [4.69, 9.17) is 16.3 Å². The Morgan fingerprint density at radius 2 is 2.32 bits per heavy atom. The minimum absolute atomic E-state index is 0.0236. The molecule has 1 aliphatic rings. The number of halogens is 1. The second-order valence-electron chi connectivity index (χ2n) is 5.71. The Bertz CT molecular complexity index is 712. The Kier molecular flexibility index (Phi) is 6.84. The first-order chi connectivity index (χ1) is 12.0. The molecule has 1 heterocycles. The predicted octanol–water partition coefficient (Wildman–Crippen LogP) is 2.96. The lowest BCUT2D eigenvalue weighted by Crippen LogP contribution is -2.37. The van der Waals surface area contributed by atoms with Gasteiger partial charge in [0.05, 0.1) is 12.5 Å². The van der Waals surface area contributed by atoms with E-state index < -0.39 is 5.91 Å². The monoisotopic (exact) mass is 361 g/mol. The van der Waals surface area contributed by atoms with Crippen molar-refractivity contribution in [3.05, 3.63) is 41.1 Å². The topological polar surface area (TPSA) is 82.4 Å². The summed E-state index contributed by atoms with van der Waals surface area (Å²) in [4.78, 5) is 26.0. The zero-order valence-corrected chi connectivity index (χ0v) is 14.8. The highest BCUT2D eigenvalue weighted by atomic mass is 35.5. The summed E-state index contributed by atoms with van der Waals surface area (Å²) in [6.07, 6.45) is 3.06. The summed E-state index contributed by atoms with van der Waals surface area (Å²) in [6, 6.07) is 8.61. The van der Waals surface area contributed by atoms with Gasteiger partial charge in [-0.2, -0.15) is 5.26 Å². The molecular weight excluding hydrogens is 342 g/mol. The van der Waals surface area contributed by atoms with Crippen LogP contribution >= 0.6 is 11.6 Å². The van der Waals surface area contributed by atoms with Crippen molar-refractivity contribution in [3.63, 3.8) is 0 Å². The van der Waals surface area contributed by atoms with Crippen LogP contribution < -0.4 is 5.32 Å². The van der Waals surface area contributed by atoms with E-state index in [0.717, 1.165) is 12.8 Å². The van der Waals surface area contributed by atoms with Crippen molar-refractivity contribution in [1.29, 1.82) is 5.26 Å². The number of anilines is 1. The van der Waals surface area contributed by atoms with Crippen LogP contribution in [0.1, 0.15) is 19.8 Å². The molecule has 1 amide bonds. The van der Waals surface area contributed by atoms with Crippen LogP contribution in [0, 0.1) is 17.2 Å². The number of carbonyl (C=O) groups excluding carboxylic acids is 2. The van der Waals surface area contributed by atoms with Gasteiger partial charge < -0.3 is 15.0 Å². The third-order valence-electron chi connectivity index (χ3n) is 3.83. The molecular formula is C18H20ClN3O3. The zero-order chi connectivity index (χ0) is 18.2. The molecule has 0 aliphatic carbocycles. The summed E-state index contributed by atoms with van der Waals surface area (Å²) in [6.45, 7) is 3.24. The van der Waals surface area contributed by atoms with Gasteiger partial charge in [-0.05, 0) is 38.0 Å². The number of carbonyl (C=O) groups is 2. The van der Waals surface area contributed by atoms with Crippen molar-refractivity contribution in [2.75, 3.05) is 25.0 Å². The summed E-state index contributed by atoms with van der Waals surface area (Å²) in [5.74, 6) is -0.980. The van der Waals surface area contributed by atoms with Crippen LogP contribution in [0.15, 0.2) is 36.0 Å². The van der Waals surface area contributed by atoms with Crippen LogP contribution in [0.25, 0.3) is 0 Å². The number of esters is 1. The number of piperidine rings is 1. The molecule has 6 nitrogen and oxygen atoms in total. The predicted molar refractivity (Wildman–Crippen MR) is 94.7 cm³/mol. The SMILES string of the molecule is CCOC(=O)C1CCCN(/C=C(/C#N)C(=O)Nc2cccc(Cl)c2)C1. The molecule has 1 saturated heterocycles. The van der Waals surface area contributed by atoms with Crippen molar-refractivity contribution in [2.24, 2.45) is 5.92 Å². The van der Waals surface area contributed by atoms with Crippen LogP contribution in [0.4, 0.5) is 5.69 Å². The smallest absolute Gasteiger partial charge is 0.310 e. The molecule has 1 unspecified atom stereocenters. The zero-order valence-electron chi connectivity index (χ0n) is 14.0. The molecule has 7 heteroatoms. The summed E-state index contributed by atoms with van der Waals surface area (Å²) in [5, 5.41) is 12.4. The Morgan fingerprint density at radius 3 is 3.00 bits per heavy atom. The van der Waals surface area contributed by atoms with Crippen molar-refractivity contribution in [3.8, 4) is 6.07 Å². The Hall–Kier alpha value is -2.52. The summed E-state index contributed by atoms with van der Waals surface area (Å²) in [7, 11) is 0. The number of amides is 1. The highest BCUT2D eigenvalue weighted by molar-refractivity contribution is 6.31. The minimum Gasteiger partial charge on any atom is -0.466 e. The first-order valence-electron chi connectivity index (χ1n) is 8.13. The molecule has 0 spiro atoms. The molecule has 1 atom stereocenters. The van der Waals surface area contributed by atoms with Crippen LogP contribution in [0.3, 0.4) is 0 Å². The lowest BCUT2D eigenvalue weighted by atomic mass is 9.98. The molecule has 0 radical (unpaired) electrons. The van der Waals surface area contributed by atoms with Crippen LogP contribution in [-0.2, 0) is 14.3 Å². The number of likely N-dealkylation sites (tertiary alicyclic amines) is 1. The average Bonchev–Trinajstić information content (AvgIpc) is 2.60. The van der Waals surface area contributed by atoms with Gasteiger partial charge in [0.15, 0.2) is 0 Å². The molecule has 0 aromatic heterocycles. The average molecular weight is 362 g/mol. The van der Waals surface area contributed by atoms with Gasteiger partial charge in [-0.15, -0.1) is 0 Å². The van der Waals surface area contributed by atoms with Crippen molar-refractivity contribution < 1.29 is 14.3 Å². The van der Waals surface area contributed by atoms with Gasteiger partial charge in [-0.25, -0.2) is 0 Å². The van der Waals surface area contributed by atoms with Crippen molar-refractivity contribution in [2.45, 2.75) is 19.8 Å². The third kappa shape index (κ3) is 5.50. The van der Waals surface area contributed by atoms with Crippen LogP contribution in [0.2, 0.25) is 5.02 Å². The number of rotatable bonds is 5. The molecule has 1 fully saturated rings. The summed E-state index contributed by atoms with van der Waals surface area (Å²) < 4.78 is 5.06. The number of nitrogens with one attached hydrogen (secondary N) is 1. The first-order valence-corrected chi connectivity index (χ1v) is 8.50. The fraction of sp³-hybridized carbons (Fsp3) is 0.389. The molecule has 25 heavy (non-hydrogen) atoms. The second-order valence-corrected chi connectivity index (χ2v) is 6.14. The number of nitrogens with zero attached hydrogens (tertiary/aromatic N) is 2. The number of hydrogen-bond donors (Lipinski definition) is 1. The van der Waals surface area contributed by atoms with Crippen molar-refractivity contribution in [1.82, 2.24) is 4.90 Å². The lowest BCUT2D eigenvalue weighted by molar-refractivity contribution is -0.149. The van der Waals surface area contributed by atoms with Crippen LogP contribution in [0.5, 0.6) is 0 Å². The van der Waals surface area contributed by atoms with Gasteiger partial charge in [0.1, 0.15) is 11.6 Å². The molecule has 0 saturated carbocycles. The van der Waals surface area contributed by atoms with Gasteiger partial charge in [0.2, 0.25) is 0 Å². The van der Waals surface area contributed by atoms with Gasteiger partial charge in [-0.1, -0.05) is 17.7 Å². The molecule has 1 aromatic carbocycles. The number of nitriles is 1. The summed E-state index contributed by atoms with van der Waals surface area (Å²) in [5.41, 5.74) is 0.492. The quantitative estimate of drug-likeness (QED) is 0.495. The van der Waals surface area contributed by atoms with E-state index in [1.54, 1.807) is 31.2 Å². The normalized spacial score (nSPS) is 17.6. The second kappa shape index (κ2) is 9.09. The van der Waals surface area contributed by atoms with E-state index in [1.165, 1.54) is 6.20 Å². The van der Waals surface area contributed by atoms with E-state index in [9.17, 15) is 14.9 Å². The van der Waals surface area contributed by atoms with E-state index >= 15 is 0 Å². The van der Waals surface area contributed by atoms with Gasteiger partial charge in [-0.3, -0.25) is 9.59 Å². The number of ether oxygens (including phenoxy) is 1.